The smallest absolute Gasteiger partial charge is 0.258 e. The van der Waals surface area contributed by atoms with E-state index in [1.165, 1.54) is 6.33 Å². The number of nitrogens with one attached hydrogen (secondary N) is 2. The van der Waals surface area contributed by atoms with Crippen molar-refractivity contribution >= 4 is 45.1 Å². The van der Waals surface area contributed by atoms with E-state index < -0.39 is 0 Å². The van der Waals surface area contributed by atoms with Gasteiger partial charge in [0.2, 0.25) is 0 Å². The van der Waals surface area contributed by atoms with Crippen molar-refractivity contribution in [3.63, 3.8) is 0 Å². The number of anilines is 1. The fourth-order valence-electron chi connectivity index (χ4n) is 1.98. The Morgan fingerprint density at radius 1 is 1.19 bits per heavy atom. The minimum Gasteiger partial charge on any atom is -0.322 e. The van der Waals surface area contributed by atoms with Gasteiger partial charge in [0.15, 0.2) is 0 Å². The Morgan fingerprint density at radius 3 is 2.86 bits per heavy atom. The molecule has 1 aromatic heterocycles. The number of rotatable bonds is 2. The van der Waals surface area contributed by atoms with Gasteiger partial charge in [-0.05, 0) is 59.0 Å². The molecule has 0 unspecified atom stereocenters. The van der Waals surface area contributed by atoms with Gasteiger partial charge in [0.1, 0.15) is 0 Å². The summed E-state index contributed by atoms with van der Waals surface area (Å²) in [4.78, 5) is 30.5. The van der Waals surface area contributed by atoms with E-state index in [4.69, 9.17) is 0 Å². The van der Waals surface area contributed by atoms with Crippen LogP contribution in [0.1, 0.15) is 10.4 Å². The number of aromatic nitrogens is 2. The average Bonchev–Trinajstić information content (AvgIpc) is 2.48. The second-order valence-electron chi connectivity index (χ2n) is 4.43. The highest BCUT2D eigenvalue weighted by Gasteiger charge is 2.08. The molecule has 1 amide bonds. The molecular formula is C15H10IN3O2. The lowest BCUT2D eigenvalue weighted by atomic mass is 10.2. The largest absolute Gasteiger partial charge is 0.322 e. The summed E-state index contributed by atoms with van der Waals surface area (Å²) in [6.07, 6.45) is 1.36. The third-order valence-corrected chi connectivity index (χ3v) is 3.66. The van der Waals surface area contributed by atoms with Crippen LogP contribution in [0.4, 0.5) is 5.69 Å². The maximum Gasteiger partial charge on any atom is 0.258 e. The van der Waals surface area contributed by atoms with Gasteiger partial charge >= 0.3 is 0 Å². The van der Waals surface area contributed by atoms with E-state index in [1.807, 2.05) is 12.1 Å². The molecule has 104 valence electrons. The maximum atomic E-state index is 12.2. The molecule has 0 spiro atoms. The minimum atomic E-state index is -0.231. The van der Waals surface area contributed by atoms with Gasteiger partial charge in [-0.1, -0.05) is 6.07 Å². The Hall–Kier alpha value is -2.22. The Balaban J connectivity index is 1.93. The van der Waals surface area contributed by atoms with Crippen molar-refractivity contribution in [2.75, 3.05) is 5.32 Å². The molecule has 0 aliphatic carbocycles. The van der Waals surface area contributed by atoms with E-state index >= 15 is 0 Å². The molecule has 6 heteroatoms. The number of hydrogen-bond acceptors (Lipinski definition) is 3. The van der Waals surface area contributed by atoms with Crippen LogP contribution in [0.2, 0.25) is 0 Å². The Kier molecular flexibility index (Phi) is 3.70. The maximum absolute atomic E-state index is 12.2. The second kappa shape index (κ2) is 5.65. The lowest BCUT2D eigenvalue weighted by Crippen LogP contribution is -2.13. The van der Waals surface area contributed by atoms with Crippen LogP contribution in [-0.4, -0.2) is 15.9 Å². The average molecular weight is 391 g/mol. The molecule has 3 rings (SSSR count). The predicted octanol–water partition coefficient (Wildman–Crippen LogP) is 2.78. The molecule has 2 N–H and O–H groups in total. The van der Waals surface area contributed by atoms with Gasteiger partial charge in [-0.3, -0.25) is 9.59 Å². The van der Waals surface area contributed by atoms with Gasteiger partial charge in [-0.15, -0.1) is 0 Å². The van der Waals surface area contributed by atoms with Crippen molar-refractivity contribution < 1.29 is 4.79 Å². The molecule has 5 nitrogen and oxygen atoms in total. The van der Waals surface area contributed by atoms with Crippen LogP contribution in [-0.2, 0) is 0 Å². The molecule has 1 heterocycles. The molecule has 0 atom stereocenters. The van der Waals surface area contributed by atoms with Gasteiger partial charge in [-0.25, -0.2) is 4.98 Å². The molecule has 3 aromatic rings. The predicted molar refractivity (Wildman–Crippen MR) is 89.5 cm³/mol. The summed E-state index contributed by atoms with van der Waals surface area (Å²) in [5, 5.41) is 3.22. The summed E-state index contributed by atoms with van der Waals surface area (Å²) < 4.78 is 0.986. The van der Waals surface area contributed by atoms with E-state index in [0.717, 1.165) is 3.57 Å². The molecular weight excluding hydrogens is 381 g/mol. The van der Waals surface area contributed by atoms with Gasteiger partial charge in [0.25, 0.3) is 11.5 Å². The molecule has 2 aromatic carbocycles. The standard InChI is InChI=1S/C15H10IN3O2/c16-10-3-1-2-9(6-10)14(20)19-11-4-5-13-12(7-11)15(21)18-8-17-13/h1-8H,(H,19,20)(H,17,18,21). The molecule has 0 saturated heterocycles. The fraction of sp³-hybridized carbons (Fsp3) is 0. The van der Waals surface area contributed by atoms with E-state index in [2.05, 4.69) is 37.9 Å². The number of amides is 1. The number of H-pyrrole nitrogens is 1. The minimum absolute atomic E-state index is 0.215. The van der Waals surface area contributed by atoms with Crippen molar-refractivity contribution in [2.24, 2.45) is 0 Å². The summed E-state index contributed by atoms with van der Waals surface area (Å²) in [6, 6.07) is 12.3. The molecule has 21 heavy (non-hydrogen) atoms. The fourth-order valence-corrected chi connectivity index (χ4v) is 2.52. The Bertz CT molecular complexity index is 889. The molecule has 0 aliphatic rings. The van der Waals surface area contributed by atoms with Crippen LogP contribution in [0.3, 0.4) is 0 Å². The van der Waals surface area contributed by atoms with Crippen LogP contribution < -0.4 is 10.9 Å². The lowest BCUT2D eigenvalue weighted by Gasteiger charge is -2.06. The van der Waals surface area contributed by atoms with Crippen molar-refractivity contribution in [1.82, 2.24) is 9.97 Å². The van der Waals surface area contributed by atoms with Crippen LogP contribution in [0.25, 0.3) is 10.9 Å². The Morgan fingerprint density at radius 2 is 2.05 bits per heavy atom. The molecule has 0 radical (unpaired) electrons. The zero-order valence-corrected chi connectivity index (χ0v) is 12.9. The number of hydrogen-bond donors (Lipinski definition) is 2. The highest BCUT2D eigenvalue weighted by molar-refractivity contribution is 14.1. The number of aromatic amines is 1. The first kappa shape index (κ1) is 13.7. The number of carbonyl (C=O) groups excluding carboxylic acids is 1. The Labute approximate surface area is 133 Å². The number of carbonyl (C=O) groups is 1. The molecule has 0 saturated carbocycles. The van der Waals surface area contributed by atoms with Crippen molar-refractivity contribution in [1.29, 1.82) is 0 Å². The lowest BCUT2D eigenvalue weighted by molar-refractivity contribution is 0.102. The van der Waals surface area contributed by atoms with Gasteiger partial charge in [-0.2, -0.15) is 0 Å². The zero-order chi connectivity index (χ0) is 14.8. The highest BCUT2D eigenvalue weighted by atomic mass is 127. The quantitative estimate of drug-likeness (QED) is 0.660. The summed E-state index contributed by atoms with van der Waals surface area (Å²) in [6.45, 7) is 0. The second-order valence-corrected chi connectivity index (χ2v) is 5.67. The van der Waals surface area contributed by atoms with E-state index in [-0.39, 0.29) is 11.5 Å². The van der Waals surface area contributed by atoms with Gasteiger partial charge in [0.05, 0.1) is 17.2 Å². The summed E-state index contributed by atoms with van der Waals surface area (Å²) in [5.41, 5.74) is 1.49. The third kappa shape index (κ3) is 2.94. The van der Waals surface area contributed by atoms with Crippen LogP contribution in [0, 0.1) is 3.57 Å². The number of fused-ring (bicyclic) bond motifs is 1. The first-order chi connectivity index (χ1) is 10.1. The van der Waals surface area contributed by atoms with Crippen molar-refractivity contribution in [2.45, 2.75) is 0 Å². The monoisotopic (exact) mass is 391 g/mol. The van der Waals surface area contributed by atoms with Crippen molar-refractivity contribution in [3.05, 3.63) is 68.3 Å². The number of nitrogens with zero attached hydrogens (tertiary/aromatic N) is 1. The summed E-state index contributed by atoms with van der Waals surface area (Å²) in [7, 11) is 0. The van der Waals surface area contributed by atoms with Crippen molar-refractivity contribution in [3.8, 4) is 0 Å². The molecule has 0 bridgehead atoms. The molecule has 0 aliphatic heterocycles. The number of halogens is 1. The highest BCUT2D eigenvalue weighted by Crippen LogP contribution is 2.15. The topological polar surface area (TPSA) is 74.8 Å². The van der Waals surface area contributed by atoms with E-state index in [0.29, 0.717) is 22.2 Å². The van der Waals surface area contributed by atoms with E-state index in [9.17, 15) is 9.59 Å². The van der Waals surface area contributed by atoms with Gasteiger partial charge < -0.3 is 10.3 Å². The van der Waals surface area contributed by atoms with Gasteiger partial charge in [0, 0.05) is 14.8 Å². The third-order valence-electron chi connectivity index (χ3n) is 2.99. The van der Waals surface area contributed by atoms with E-state index in [1.54, 1.807) is 30.3 Å². The summed E-state index contributed by atoms with van der Waals surface area (Å²) >= 11 is 2.15. The first-order valence-corrected chi connectivity index (χ1v) is 7.26. The van der Waals surface area contributed by atoms with Crippen LogP contribution in [0.15, 0.2) is 53.6 Å². The van der Waals surface area contributed by atoms with Crippen LogP contribution >= 0.6 is 22.6 Å². The first-order valence-electron chi connectivity index (χ1n) is 6.18. The SMILES string of the molecule is O=C(Nc1ccc2nc[nH]c(=O)c2c1)c1cccc(I)c1. The normalized spacial score (nSPS) is 10.5. The summed E-state index contributed by atoms with van der Waals surface area (Å²) in [5.74, 6) is -0.215. The number of benzene rings is 2. The zero-order valence-electron chi connectivity index (χ0n) is 10.8. The van der Waals surface area contributed by atoms with Crippen LogP contribution in [0.5, 0.6) is 0 Å². The molecule has 0 fully saturated rings.